The lowest BCUT2D eigenvalue weighted by atomic mass is 10.0. The number of nitrogens with one attached hydrogen (secondary N) is 2. The van der Waals surface area contributed by atoms with E-state index >= 15 is 0 Å². The van der Waals surface area contributed by atoms with Crippen molar-refractivity contribution >= 4 is 5.91 Å². The van der Waals surface area contributed by atoms with Gasteiger partial charge in [-0.1, -0.05) is 12.8 Å². The average Bonchev–Trinajstić information content (AvgIpc) is 3.09. The van der Waals surface area contributed by atoms with Crippen molar-refractivity contribution in [3.05, 3.63) is 0 Å². The molecule has 0 bridgehead atoms. The zero-order valence-corrected chi connectivity index (χ0v) is 12.0. The van der Waals surface area contributed by atoms with Crippen LogP contribution in [0.1, 0.15) is 51.4 Å². The normalized spacial score (nSPS) is 23.9. The molecule has 4 nitrogen and oxygen atoms in total. The number of hydrogen-bond acceptors (Lipinski definition) is 3. The van der Waals surface area contributed by atoms with E-state index in [-0.39, 0.29) is 5.91 Å². The highest BCUT2D eigenvalue weighted by Gasteiger charge is 2.16. The SMILES string of the molecule is O=C(CCC1CCNC1)NCCCOC1CCCC1. The molecule has 1 saturated carbocycles. The van der Waals surface area contributed by atoms with Crippen LogP contribution in [0.25, 0.3) is 0 Å². The van der Waals surface area contributed by atoms with Gasteiger partial charge in [-0.05, 0) is 51.1 Å². The van der Waals surface area contributed by atoms with Crippen molar-refractivity contribution in [3.63, 3.8) is 0 Å². The van der Waals surface area contributed by atoms with E-state index in [1.807, 2.05) is 0 Å². The standard InChI is InChI=1S/C15H28N2O2/c18-15(7-6-13-8-10-16-12-13)17-9-3-11-19-14-4-1-2-5-14/h13-14,16H,1-12H2,(H,17,18). The highest BCUT2D eigenvalue weighted by atomic mass is 16.5. The molecule has 1 unspecified atom stereocenters. The van der Waals surface area contributed by atoms with E-state index in [1.54, 1.807) is 0 Å². The summed E-state index contributed by atoms with van der Waals surface area (Å²) in [5.41, 5.74) is 0. The van der Waals surface area contributed by atoms with E-state index in [9.17, 15) is 4.79 Å². The Morgan fingerprint density at radius 2 is 2.11 bits per heavy atom. The van der Waals surface area contributed by atoms with Crippen LogP contribution < -0.4 is 10.6 Å². The van der Waals surface area contributed by atoms with Crippen LogP contribution in [0, 0.1) is 5.92 Å². The molecule has 0 aromatic heterocycles. The Kier molecular flexibility index (Phi) is 6.65. The molecule has 0 radical (unpaired) electrons. The van der Waals surface area contributed by atoms with E-state index in [1.165, 1.54) is 32.1 Å². The third kappa shape index (κ3) is 5.91. The fraction of sp³-hybridized carbons (Fsp3) is 0.933. The van der Waals surface area contributed by atoms with Crippen molar-refractivity contribution in [1.29, 1.82) is 0 Å². The van der Waals surface area contributed by atoms with Crippen LogP contribution in [0.2, 0.25) is 0 Å². The minimum absolute atomic E-state index is 0.202. The number of rotatable bonds is 8. The Labute approximate surface area is 116 Å². The van der Waals surface area contributed by atoms with Crippen molar-refractivity contribution in [3.8, 4) is 0 Å². The molecule has 1 aliphatic heterocycles. The Bertz CT molecular complexity index is 259. The molecule has 1 amide bonds. The predicted molar refractivity (Wildman–Crippen MR) is 76.0 cm³/mol. The van der Waals surface area contributed by atoms with Crippen LogP contribution in [0.15, 0.2) is 0 Å². The molecule has 2 rings (SSSR count). The van der Waals surface area contributed by atoms with Crippen molar-refractivity contribution in [2.45, 2.75) is 57.5 Å². The van der Waals surface area contributed by atoms with Gasteiger partial charge in [0.25, 0.3) is 0 Å². The Morgan fingerprint density at radius 3 is 2.84 bits per heavy atom. The first kappa shape index (κ1) is 14.8. The molecule has 0 aromatic rings. The zero-order valence-electron chi connectivity index (χ0n) is 12.0. The van der Waals surface area contributed by atoms with Crippen molar-refractivity contribution in [1.82, 2.24) is 10.6 Å². The minimum atomic E-state index is 0.202. The topological polar surface area (TPSA) is 50.4 Å². The molecule has 4 heteroatoms. The van der Waals surface area contributed by atoms with Gasteiger partial charge in [-0.15, -0.1) is 0 Å². The lowest BCUT2D eigenvalue weighted by Gasteiger charge is -2.11. The van der Waals surface area contributed by atoms with Crippen LogP contribution in [-0.4, -0.2) is 38.3 Å². The molecular formula is C15H28N2O2. The van der Waals surface area contributed by atoms with Crippen molar-refractivity contribution < 1.29 is 9.53 Å². The van der Waals surface area contributed by atoms with Gasteiger partial charge in [-0.3, -0.25) is 4.79 Å². The van der Waals surface area contributed by atoms with E-state index in [0.29, 0.717) is 18.4 Å². The fourth-order valence-corrected chi connectivity index (χ4v) is 2.99. The van der Waals surface area contributed by atoms with Gasteiger partial charge >= 0.3 is 0 Å². The van der Waals surface area contributed by atoms with Gasteiger partial charge in [0.05, 0.1) is 6.10 Å². The summed E-state index contributed by atoms with van der Waals surface area (Å²) < 4.78 is 5.77. The Hall–Kier alpha value is -0.610. The van der Waals surface area contributed by atoms with Gasteiger partial charge in [-0.2, -0.15) is 0 Å². The lowest BCUT2D eigenvalue weighted by molar-refractivity contribution is -0.121. The average molecular weight is 268 g/mol. The number of ether oxygens (including phenoxy) is 1. The summed E-state index contributed by atoms with van der Waals surface area (Å²) in [7, 11) is 0. The number of carbonyl (C=O) groups excluding carboxylic acids is 1. The molecular weight excluding hydrogens is 240 g/mol. The largest absolute Gasteiger partial charge is 0.378 e. The van der Waals surface area contributed by atoms with Gasteiger partial charge in [0.2, 0.25) is 5.91 Å². The second kappa shape index (κ2) is 8.54. The first-order chi connectivity index (χ1) is 9.34. The number of hydrogen-bond donors (Lipinski definition) is 2. The predicted octanol–water partition coefficient (Wildman–Crippen LogP) is 1.84. The van der Waals surface area contributed by atoms with Gasteiger partial charge in [0, 0.05) is 19.6 Å². The third-order valence-electron chi connectivity index (χ3n) is 4.24. The minimum Gasteiger partial charge on any atom is -0.378 e. The smallest absolute Gasteiger partial charge is 0.220 e. The first-order valence-electron chi connectivity index (χ1n) is 7.93. The van der Waals surface area contributed by atoms with E-state index in [4.69, 9.17) is 4.74 Å². The molecule has 110 valence electrons. The molecule has 2 aliphatic rings. The first-order valence-corrected chi connectivity index (χ1v) is 7.93. The maximum atomic E-state index is 11.6. The van der Waals surface area contributed by atoms with Crippen LogP contribution in [0.3, 0.4) is 0 Å². The number of carbonyl (C=O) groups is 1. The summed E-state index contributed by atoms with van der Waals surface area (Å²) in [5.74, 6) is 0.907. The molecule has 1 atom stereocenters. The van der Waals surface area contributed by atoms with Crippen LogP contribution in [0.5, 0.6) is 0 Å². The van der Waals surface area contributed by atoms with E-state index in [0.717, 1.165) is 39.1 Å². The van der Waals surface area contributed by atoms with Crippen LogP contribution in [0.4, 0.5) is 0 Å². The highest BCUT2D eigenvalue weighted by Crippen LogP contribution is 2.20. The Balaban J connectivity index is 1.40. The second-order valence-corrected chi connectivity index (χ2v) is 5.88. The summed E-state index contributed by atoms with van der Waals surface area (Å²) in [4.78, 5) is 11.6. The third-order valence-corrected chi connectivity index (χ3v) is 4.24. The second-order valence-electron chi connectivity index (χ2n) is 5.88. The lowest BCUT2D eigenvalue weighted by Crippen LogP contribution is -2.26. The maximum Gasteiger partial charge on any atom is 0.220 e. The van der Waals surface area contributed by atoms with Gasteiger partial charge < -0.3 is 15.4 Å². The highest BCUT2D eigenvalue weighted by molar-refractivity contribution is 5.75. The molecule has 0 aromatic carbocycles. The zero-order chi connectivity index (χ0) is 13.3. The summed E-state index contributed by atoms with van der Waals surface area (Å²) in [6.45, 7) is 3.75. The van der Waals surface area contributed by atoms with Gasteiger partial charge in [0.15, 0.2) is 0 Å². The summed E-state index contributed by atoms with van der Waals surface area (Å²) >= 11 is 0. The summed E-state index contributed by atoms with van der Waals surface area (Å²) in [6.07, 6.45) is 9.44. The fourth-order valence-electron chi connectivity index (χ4n) is 2.99. The van der Waals surface area contributed by atoms with Gasteiger partial charge in [-0.25, -0.2) is 0 Å². The molecule has 1 saturated heterocycles. The molecule has 1 aliphatic carbocycles. The molecule has 19 heavy (non-hydrogen) atoms. The molecule has 0 spiro atoms. The van der Waals surface area contributed by atoms with Gasteiger partial charge in [0.1, 0.15) is 0 Å². The van der Waals surface area contributed by atoms with Crippen LogP contribution >= 0.6 is 0 Å². The quantitative estimate of drug-likeness (QED) is 0.660. The molecule has 1 heterocycles. The number of amides is 1. The monoisotopic (exact) mass is 268 g/mol. The van der Waals surface area contributed by atoms with Crippen molar-refractivity contribution in [2.24, 2.45) is 5.92 Å². The summed E-state index contributed by atoms with van der Waals surface area (Å²) in [5, 5.41) is 6.33. The maximum absolute atomic E-state index is 11.6. The van der Waals surface area contributed by atoms with Crippen molar-refractivity contribution in [2.75, 3.05) is 26.2 Å². The molecule has 2 fully saturated rings. The molecule has 2 N–H and O–H groups in total. The van der Waals surface area contributed by atoms with Crippen LogP contribution in [-0.2, 0) is 9.53 Å². The van der Waals surface area contributed by atoms with E-state index < -0.39 is 0 Å². The summed E-state index contributed by atoms with van der Waals surface area (Å²) in [6, 6.07) is 0. The van der Waals surface area contributed by atoms with E-state index in [2.05, 4.69) is 10.6 Å². The Morgan fingerprint density at radius 1 is 1.26 bits per heavy atom.